The van der Waals surface area contributed by atoms with E-state index in [1.54, 1.807) is 57.4 Å². The Balaban J connectivity index is 1.52. The molecule has 10 heteroatoms. The minimum atomic E-state index is -0.838. The number of nitrogens with zero attached hydrogens (tertiary/aromatic N) is 2. The van der Waals surface area contributed by atoms with Crippen molar-refractivity contribution in [3.05, 3.63) is 138 Å². The number of benzene rings is 3. The number of aryl methyl sites for hydroxylation is 1. The van der Waals surface area contributed by atoms with Gasteiger partial charge in [-0.15, -0.1) is 0 Å². The lowest BCUT2D eigenvalue weighted by Gasteiger charge is -2.26. The van der Waals surface area contributed by atoms with Crippen molar-refractivity contribution in [1.29, 1.82) is 0 Å². The number of fused-ring (bicyclic) bond motifs is 1. The van der Waals surface area contributed by atoms with Crippen LogP contribution in [0, 0.1) is 6.92 Å². The zero-order chi connectivity index (χ0) is 33.1. The van der Waals surface area contributed by atoms with Crippen LogP contribution in [0.5, 0.6) is 5.75 Å². The van der Waals surface area contributed by atoms with Crippen LogP contribution in [-0.2, 0) is 14.3 Å². The molecule has 0 unspecified atom stereocenters. The van der Waals surface area contributed by atoms with Gasteiger partial charge in [0.1, 0.15) is 17.3 Å². The van der Waals surface area contributed by atoms with Crippen LogP contribution in [0.1, 0.15) is 52.7 Å². The zero-order valence-corrected chi connectivity index (χ0v) is 27.1. The van der Waals surface area contributed by atoms with Gasteiger partial charge in [-0.25, -0.2) is 14.6 Å². The molecule has 238 valence electrons. The SMILES string of the molecule is CCOC(=O)C1=C(c2ccccc2)N=c2s/c(=C/c3ccc(-c4cccc(C(=O)OCC)c4)o3)c(=O)n2[C@@H]1c1ccc(C)c(OC)c1. The molecular formula is C37H32N2O7S. The van der Waals surface area contributed by atoms with Crippen LogP contribution in [0.2, 0.25) is 0 Å². The number of ether oxygens (including phenoxy) is 3. The summed E-state index contributed by atoms with van der Waals surface area (Å²) in [6.45, 7) is 5.85. The Morgan fingerprint density at radius 1 is 0.915 bits per heavy atom. The van der Waals surface area contributed by atoms with E-state index in [-0.39, 0.29) is 24.3 Å². The summed E-state index contributed by atoms with van der Waals surface area (Å²) in [6.07, 6.45) is 1.66. The topological polar surface area (TPSA) is 109 Å². The van der Waals surface area contributed by atoms with Gasteiger partial charge in [0.05, 0.1) is 47.7 Å². The van der Waals surface area contributed by atoms with Gasteiger partial charge < -0.3 is 18.6 Å². The second-order valence-corrected chi connectivity index (χ2v) is 11.7. The third-order valence-corrected chi connectivity index (χ3v) is 8.66. The second-order valence-electron chi connectivity index (χ2n) is 10.7. The van der Waals surface area contributed by atoms with E-state index in [4.69, 9.17) is 23.6 Å². The van der Waals surface area contributed by atoms with E-state index in [9.17, 15) is 14.4 Å². The van der Waals surface area contributed by atoms with E-state index in [2.05, 4.69) is 0 Å². The van der Waals surface area contributed by atoms with Gasteiger partial charge in [-0.2, -0.15) is 0 Å². The number of hydrogen-bond donors (Lipinski definition) is 0. The van der Waals surface area contributed by atoms with Crippen LogP contribution in [0.15, 0.2) is 105 Å². The maximum absolute atomic E-state index is 14.2. The monoisotopic (exact) mass is 648 g/mol. The number of hydrogen-bond acceptors (Lipinski definition) is 9. The summed E-state index contributed by atoms with van der Waals surface area (Å²) in [6, 6.07) is 24.7. The van der Waals surface area contributed by atoms with Crippen molar-refractivity contribution in [2.24, 2.45) is 4.99 Å². The molecule has 0 aliphatic carbocycles. The molecule has 0 saturated heterocycles. The van der Waals surface area contributed by atoms with E-state index < -0.39 is 18.0 Å². The maximum atomic E-state index is 14.2. The van der Waals surface area contributed by atoms with Crippen molar-refractivity contribution in [1.82, 2.24) is 4.57 Å². The van der Waals surface area contributed by atoms with Crippen LogP contribution < -0.4 is 19.6 Å². The molecule has 5 aromatic rings. The molecule has 0 radical (unpaired) electrons. The molecule has 0 N–H and O–H groups in total. The van der Waals surface area contributed by atoms with Crippen molar-refractivity contribution in [2.45, 2.75) is 26.8 Å². The number of furan rings is 1. The molecule has 0 amide bonds. The predicted octanol–water partition coefficient (Wildman–Crippen LogP) is 5.69. The molecular weight excluding hydrogens is 616 g/mol. The van der Waals surface area contributed by atoms with E-state index >= 15 is 0 Å². The summed E-state index contributed by atoms with van der Waals surface area (Å²) in [5.74, 6) is 0.611. The van der Waals surface area contributed by atoms with Crippen LogP contribution in [0.3, 0.4) is 0 Å². The Morgan fingerprint density at radius 3 is 2.40 bits per heavy atom. The van der Waals surface area contributed by atoms with Crippen LogP contribution >= 0.6 is 11.3 Å². The minimum Gasteiger partial charge on any atom is -0.496 e. The molecule has 2 aromatic heterocycles. The van der Waals surface area contributed by atoms with Crippen molar-refractivity contribution in [3.8, 4) is 17.1 Å². The highest BCUT2D eigenvalue weighted by atomic mass is 32.1. The standard InChI is InChI=1S/C37H32N2O7S/c1-5-44-35(41)26-14-10-13-24(19-26)28-18-17-27(46-28)21-30-34(40)39-33(25-16-15-22(3)29(20-25)43-4)31(36(42)45-6-2)32(38-37(39)47-30)23-11-8-7-9-12-23/h7-21,33H,5-6H2,1-4H3/b30-21+/t33-/m1/s1. The highest BCUT2D eigenvalue weighted by Crippen LogP contribution is 2.37. The molecule has 9 nitrogen and oxygen atoms in total. The first-order valence-electron chi connectivity index (χ1n) is 15.1. The number of carbonyl (C=O) groups excluding carboxylic acids is 2. The first-order chi connectivity index (χ1) is 22.8. The van der Waals surface area contributed by atoms with Gasteiger partial charge in [0.25, 0.3) is 5.56 Å². The largest absolute Gasteiger partial charge is 0.496 e. The average Bonchev–Trinajstić information content (AvgIpc) is 3.69. The summed E-state index contributed by atoms with van der Waals surface area (Å²) in [4.78, 5) is 45.5. The van der Waals surface area contributed by atoms with Crippen molar-refractivity contribution in [2.75, 3.05) is 20.3 Å². The first-order valence-corrected chi connectivity index (χ1v) is 15.9. The molecule has 1 aliphatic rings. The Bertz CT molecular complexity index is 2190. The summed E-state index contributed by atoms with van der Waals surface area (Å²) in [7, 11) is 1.58. The number of thiazole rings is 1. The molecule has 1 aliphatic heterocycles. The van der Waals surface area contributed by atoms with E-state index in [0.29, 0.717) is 49.0 Å². The number of rotatable bonds is 9. The van der Waals surface area contributed by atoms with Gasteiger partial charge in [-0.3, -0.25) is 9.36 Å². The fraction of sp³-hybridized carbons (Fsp3) is 0.189. The first kappa shape index (κ1) is 31.5. The molecule has 0 spiro atoms. The maximum Gasteiger partial charge on any atom is 0.338 e. The van der Waals surface area contributed by atoms with Gasteiger partial charge in [0, 0.05) is 17.2 Å². The molecule has 3 aromatic carbocycles. The molecule has 6 rings (SSSR count). The zero-order valence-electron chi connectivity index (χ0n) is 26.3. The van der Waals surface area contributed by atoms with Gasteiger partial charge in [0.15, 0.2) is 4.80 Å². The summed E-state index contributed by atoms with van der Waals surface area (Å²) in [5.41, 5.74) is 3.76. The Morgan fingerprint density at radius 2 is 1.66 bits per heavy atom. The van der Waals surface area contributed by atoms with Gasteiger partial charge in [-0.1, -0.05) is 65.9 Å². The fourth-order valence-electron chi connectivity index (χ4n) is 5.49. The lowest BCUT2D eigenvalue weighted by Crippen LogP contribution is -2.40. The highest BCUT2D eigenvalue weighted by Gasteiger charge is 2.35. The number of aromatic nitrogens is 1. The third-order valence-electron chi connectivity index (χ3n) is 7.68. The number of carbonyl (C=O) groups is 2. The highest BCUT2D eigenvalue weighted by molar-refractivity contribution is 7.07. The smallest absolute Gasteiger partial charge is 0.338 e. The van der Waals surface area contributed by atoms with Crippen LogP contribution in [-0.4, -0.2) is 36.8 Å². The number of esters is 2. The van der Waals surface area contributed by atoms with Crippen molar-refractivity contribution >= 4 is 35.0 Å². The quantitative estimate of drug-likeness (QED) is 0.189. The van der Waals surface area contributed by atoms with E-state index in [0.717, 1.165) is 11.1 Å². The van der Waals surface area contributed by atoms with Crippen LogP contribution in [0.25, 0.3) is 23.1 Å². The summed E-state index contributed by atoms with van der Waals surface area (Å²) < 4.78 is 24.3. The molecule has 1 atom stereocenters. The van der Waals surface area contributed by atoms with Gasteiger partial charge >= 0.3 is 11.9 Å². The molecule has 47 heavy (non-hydrogen) atoms. The lowest BCUT2D eigenvalue weighted by atomic mass is 9.92. The van der Waals surface area contributed by atoms with Gasteiger partial charge in [0.2, 0.25) is 0 Å². The van der Waals surface area contributed by atoms with Gasteiger partial charge in [-0.05, 0) is 62.2 Å². The molecule has 3 heterocycles. The minimum absolute atomic E-state index is 0.155. The normalized spacial score (nSPS) is 14.4. The molecule has 0 fully saturated rings. The van der Waals surface area contributed by atoms with Crippen molar-refractivity contribution < 1.29 is 28.2 Å². The number of methoxy groups -OCH3 is 1. The predicted molar refractivity (Wildman–Crippen MR) is 179 cm³/mol. The fourth-order valence-corrected chi connectivity index (χ4v) is 6.47. The summed E-state index contributed by atoms with van der Waals surface area (Å²) >= 11 is 1.20. The van der Waals surface area contributed by atoms with E-state index in [1.807, 2.05) is 61.5 Å². The molecule has 0 bridgehead atoms. The van der Waals surface area contributed by atoms with E-state index in [1.165, 1.54) is 15.9 Å². The third kappa shape index (κ3) is 6.19. The van der Waals surface area contributed by atoms with Crippen LogP contribution in [0.4, 0.5) is 0 Å². The lowest BCUT2D eigenvalue weighted by molar-refractivity contribution is -0.138. The molecule has 0 saturated carbocycles. The Labute approximate surface area is 274 Å². The summed E-state index contributed by atoms with van der Waals surface area (Å²) in [5, 5.41) is 0. The second kappa shape index (κ2) is 13.5. The Kier molecular flexibility index (Phi) is 9.03. The van der Waals surface area contributed by atoms with Crippen molar-refractivity contribution in [3.63, 3.8) is 0 Å². The average molecular weight is 649 g/mol. The Hall–Kier alpha value is -5.48.